The Morgan fingerprint density at radius 1 is 1.30 bits per heavy atom. The highest BCUT2D eigenvalue weighted by atomic mass is 79.9. The molecule has 0 radical (unpaired) electrons. The van der Waals surface area contributed by atoms with Crippen molar-refractivity contribution in [1.82, 2.24) is 15.3 Å². The molecule has 0 aliphatic heterocycles. The van der Waals surface area contributed by atoms with Crippen molar-refractivity contribution in [2.24, 2.45) is 0 Å². The Hall–Kier alpha value is -2.41. The molecular formula is C16H13BrFN3O2. The molecule has 0 aliphatic carbocycles. The molecule has 2 aromatic carbocycles. The van der Waals surface area contributed by atoms with Gasteiger partial charge in [0.25, 0.3) is 0 Å². The van der Waals surface area contributed by atoms with E-state index in [-0.39, 0.29) is 5.82 Å². The second kappa shape index (κ2) is 6.37. The van der Waals surface area contributed by atoms with Crippen molar-refractivity contribution in [2.45, 2.75) is 12.5 Å². The molecule has 0 aliphatic rings. The van der Waals surface area contributed by atoms with Gasteiger partial charge in [-0.2, -0.15) is 0 Å². The molecule has 7 heteroatoms. The van der Waals surface area contributed by atoms with Crippen molar-refractivity contribution >= 4 is 33.1 Å². The summed E-state index contributed by atoms with van der Waals surface area (Å²) in [7, 11) is 0. The molecule has 5 nitrogen and oxygen atoms in total. The maximum atomic E-state index is 13.3. The van der Waals surface area contributed by atoms with Gasteiger partial charge in [0.15, 0.2) is 0 Å². The smallest absolute Gasteiger partial charge is 0.405 e. The Morgan fingerprint density at radius 2 is 2.04 bits per heavy atom. The SMILES string of the molecule is O=C(O)NC(Cc1ccc(Br)cc1)c1nc2ccc(F)cc2[nH]1. The number of carboxylic acid groups (broad SMARTS) is 1. The van der Waals surface area contributed by atoms with E-state index in [2.05, 4.69) is 31.2 Å². The van der Waals surface area contributed by atoms with Gasteiger partial charge in [-0.05, 0) is 35.9 Å². The maximum Gasteiger partial charge on any atom is 0.405 e. The lowest BCUT2D eigenvalue weighted by molar-refractivity contribution is 0.189. The molecule has 3 aromatic rings. The third-order valence-electron chi connectivity index (χ3n) is 3.44. The number of benzene rings is 2. The first kappa shape index (κ1) is 15.5. The summed E-state index contributed by atoms with van der Waals surface area (Å²) in [5.74, 6) is 0.0827. The van der Waals surface area contributed by atoms with Crippen LogP contribution >= 0.6 is 15.9 Å². The van der Waals surface area contributed by atoms with Gasteiger partial charge in [0.2, 0.25) is 0 Å². The number of hydrogen-bond donors (Lipinski definition) is 3. The van der Waals surface area contributed by atoms with Crippen LogP contribution in [0.4, 0.5) is 9.18 Å². The highest BCUT2D eigenvalue weighted by Crippen LogP contribution is 2.21. The number of fused-ring (bicyclic) bond motifs is 1. The predicted molar refractivity (Wildman–Crippen MR) is 87.8 cm³/mol. The van der Waals surface area contributed by atoms with Crippen molar-refractivity contribution in [3.05, 3.63) is 64.1 Å². The molecule has 118 valence electrons. The molecule has 23 heavy (non-hydrogen) atoms. The van der Waals surface area contributed by atoms with Gasteiger partial charge < -0.3 is 15.4 Å². The normalized spacial score (nSPS) is 12.3. The Kier molecular flexibility index (Phi) is 4.29. The number of aromatic amines is 1. The van der Waals surface area contributed by atoms with Crippen LogP contribution in [0.5, 0.6) is 0 Å². The van der Waals surface area contributed by atoms with Crippen molar-refractivity contribution in [1.29, 1.82) is 0 Å². The first-order valence-corrected chi connectivity index (χ1v) is 7.69. The summed E-state index contributed by atoms with van der Waals surface area (Å²) < 4.78 is 14.2. The minimum absolute atomic E-state index is 0.372. The lowest BCUT2D eigenvalue weighted by atomic mass is 10.1. The Balaban J connectivity index is 1.93. The second-order valence-electron chi connectivity index (χ2n) is 5.12. The Labute approximate surface area is 139 Å². The van der Waals surface area contributed by atoms with Gasteiger partial charge >= 0.3 is 6.09 Å². The van der Waals surface area contributed by atoms with Crippen molar-refractivity contribution in [2.75, 3.05) is 0 Å². The molecule has 1 atom stereocenters. The van der Waals surface area contributed by atoms with Gasteiger partial charge in [-0.15, -0.1) is 0 Å². The van der Waals surface area contributed by atoms with E-state index in [9.17, 15) is 9.18 Å². The van der Waals surface area contributed by atoms with E-state index in [0.29, 0.717) is 23.3 Å². The molecule has 1 aromatic heterocycles. The highest BCUT2D eigenvalue weighted by molar-refractivity contribution is 9.10. The van der Waals surface area contributed by atoms with Crippen LogP contribution in [0.2, 0.25) is 0 Å². The molecule has 3 rings (SSSR count). The van der Waals surface area contributed by atoms with E-state index < -0.39 is 12.1 Å². The molecule has 1 unspecified atom stereocenters. The number of amides is 1. The van der Waals surface area contributed by atoms with E-state index in [0.717, 1.165) is 10.0 Å². The quantitative estimate of drug-likeness (QED) is 0.642. The molecular weight excluding hydrogens is 365 g/mol. The van der Waals surface area contributed by atoms with Crippen molar-refractivity contribution < 1.29 is 14.3 Å². The first-order valence-electron chi connectivity index (χ1n) is 6.90. The summed E-state index contributed by atoms with van der Waals surface area (Å²) in [4.78, 5) is 18.4. The van der Waals surface area contributed by atoms with Crippen LogP contribution in [-0.2, 0) is 6.42 Å². The third kappa shape index (κ3) is 3.68. The molecule has 0 fully saturated rings. The van der Waals surface area contributed by atoms with Crippen LogP contribution in [0.1, 0.15) is 17.4 Å². The average Bonchev–Trinajstić information content (AvgIpc) is 2.91. The van der Waals surface area contributed by atoms with E-state index in [1.807, 2.05) is 24.3 Å². The van der Waals surface area contributed by atoms with Crippen molar-refractivity contribution in [3.63, 3.8) is 0 Å². The fraction of sp³-hybridized carbons (Fsp3) is 0.125. The number of nitrogens with one attached hydrogen (secondary N) is 2. The fourth-order valence-corrected chi connectivity index (χ4v) is 2.65. The zero-order chi connectivity index (χ0) is 16.4. The third-order valence-corrected chi connectivity index (χ3v) is 3.97. The van der Waals surface area contributed by atoms with Crippen LogP contribution in [0.15, 0.2) is 46.9 Å². The number of halogens is 2. The van der Waals surface area contributed by atoms with E-state index in [1.54, 1.807) is 6.07 Å². The minimum atomic E-state index is -1.14. The topological polar surface area (TPSA) is 78.0 Å². The minimum Gasteiger partial charge on any atom is -0.465 e. The van der Waals surface area contributed by atoms with Gasteiger partial charge in [-0.25, -0.2) is 14.2 Å². The Morgan fingerprint density at radius 3 is 2.74 bits per heavy atom. The number of carbonyl (C=O) groups is 1. The summed E-state index contributed by atoms with van der Waals surface area (Å²) in [6.07, 6.45) is -0.708. The second-order valence-corrected chi connectivity index (χ2v) is 6.03. The van der Waals surface area contributed by atoms with Crippen LogP contribution in [-0.4, -0.2) is 21.2 Å². The summed E-state index contributed by atoms with van der Waals surface area (Å²) in [5, 5.41) is 11.5. The standard InChI is InChI=1S/C16H13BrFN3O2/c17-10-3-1-9(2-4-10)7-14(21-16(22)23)15-19-12-6-5-11(18)8-13(12)20-15/h1-6,8,14,21H,7H2,(H,19,20)(H,22,23). The first-order chi connectivity index (χ1) is 11.0. The van der Waals surface area contributed by atoms with Gasteiger partial charge in [0.1, 0.15) is 11.6 Å². The van der Waals surface area contributed by atoms with Gasteiger partial charge in [0.05, 0.1) is 17.1 Å². The van der Waals surface area contributed by atoms with Crippen LogP contribution in [0.25, 0.3) is 11.0 Å². The van der Waals surface area contributed by atoms with E-state index >= 15 is 0 Å². The number of rotatable bonds is 4. The number of aromatic nitrogens is 2. The van der Waals surface area contributed by atoms with Crippen molar-refractivity contribution in [3.8, 4) is 0 Å². The molecule has 0 saturated carbocycles. The highest BCUT2D eigenvalue weighted by Gasteiger charge is 2.19. The van der Waals surface area contributed by atoms with Gasteiger partial charge in [0, 0.05) is 10.9 Å². The molecule has 0 saturated heterocycles. The largest absolute Gasteiger partial charge is 0.465 e. The van der Waals surface area contributed by atoms with Gasteiger partial charge in [-0.1, -0.05) is 28.1 Å². The zero-order valence-electron chi connectivity index (χ0n) is 11.9. The lowest BCUT2D eigenvalue weighted by Crippen LogP contribution is -2.29. The molecule has 1 amide bonds. The number of H-pyrrole nitrogens is 1. The molecule has 1 heterocycles. The number of nitrogens with zero attached hydrogens (tertiary/aromatic N) is 1. The maximum absolute atomic E-state index is 13.3. The van der Waals surface area contributed by atoms with Gasteiger partial charge in [-0.3, -0.25) is 0 Å². The summed E-state index contributed by atoms with van der Waals surface area (Å²) in [6.45, 7) is 0. The van der Waals surface area contributed by atoms with Crippen LogP contribution < -0.4 is 5.32 Å². The lowest BCUT2D eigenvalue weighted by Gasteiger charge is -2.14. The molecule has 0 bridgehead atoms. The molecule has 0 spiro atoms. The monoisotopic (exact) mass is 377 g/mol. The van der Waals surface area contributed by atoms with E-state index in [4.69, 9.17) is 5.11 Å². The summed E-state index contributed by atoms with van der Waals surface area (Å²) >= 11 is 3.36. The summed E-state index contributed by atoms with van der Waals surface area (Å²) in [5.41, 5.74) is 2.08. The Bertz CT molecular complexity index is 848. The predicted octanol–water partition coefficient (Wildman–Crippen LogP) is 4.02. The molecule has 3 N–H and O–H groups in total. The number of imidazole rings is 1. The van der Waals surface area contributed by atoms with Crippen LogP contribution in [0, 0.1) is 5.82 Å². The number of hydrogen-bond acceptors (Lipinski definition) is 2. The van der Waals surface area contributed by atoms with E-state index in [1.165, 1.54) is 12.1 Å². The summed E-state index contributed by atoms with van der Waals surface area (Å²) in [6, 6.07) is 11.3. The zero-order valence-corrected chi connectivity index (χ0v) is 13.5. The average molecular weight is 378 g/mol. The van der Waals surface area contributed by atoms with Crippen LogP contribution in [0.3, 0.4) is 0 Å². The fourth-order valence-electron chi connectivity index (χ4n) is 2.39.